The highest BCUT2D eigenvalue weighted by Crippen LogP contribution is 2.28. The van der Waals surface area contributed by atoms with E-state index in [0.717, 1.165) is 11.1 Å². The Labute approximate surface area is 314 Å². The first-order chi connectivity index (χ1) is 26.1. The van der Waals surface area contributed by atoms with Gasteiger partial charge in [-0.2, -0.15) is 0 Å². The van der Waals surface area contributed by atoms with E-state index in [1.807, 2.05) is 50.2 Å². The minimum absolute atomic E-state index is 0.124. The van der Waals surface area contributed by atoms with Gasteiger partial charge in [-0.1, -0.05) is 50.2 Å². The Kier molecular flexibility index (Phi) is 13.9. The van der Waals surface area contributed by atoms with Crippen molar-refractivity contribution in [2.45, 2.75) is 64.1 Å². The monoisotopic (exact) mass is 737 g/mol. The number of rotatable bonds is 6. The molecular formula is C40H47N7O7. The summed E-state index contributed by atoms with van der Waals surface area (Å²) in [5.41, 5.74) is 3.10. The molecule has 1 aliphatic heterocycles. The van der Waals surface area contributed by atoms with Gasteiger partial charge in [0, 0.05) is 37.5 Å². The van der Waals surface area contributed by atoms with E-state index in [1.165, 1.54) is 13.3 Å². The molecule has 3 atom stereocenters. The van der Waals surface area contributed by atoms with Crippen LogP contribution in [0.15, 0.2) is 79.1 Å². The topological polar surface area (TPSA) is 190 Å². The van der Waals surface area contributed by atoms with Crippen LogP contribution in [0.5, 0.6) is 11.5 Å². The summed E-state index contributed by atoms with van der Waals surface area (Å²) < 4.78 is 11.2. The van der Waals surface area contributed by atoms with E-state index in [4.69, 9.17) is 9.47 Å². The standard InChI is InChI=1S/C40H47N7O7/c1-25(2)36-40(52)44-18-7-11-27-13-16-33(53-3)34(22-27)54-24-35(48)43-17-8-12-30(45-37(49)28-14-15-29-31(23-28)42-20-19-41-29)38(50)46-32(39(51)47-36)21-26-9-5-4-6-10-26/h4-6,9-10,13-16,19-20,22-23,25,30,32,36H,7-8,11-12,17-18,21,24H2,1-3H3,(H,43,48)(H,44,52)(H,45,49)(H,46,50)(H,47,51)/t30-,32-,36+/m0/s1. The normalized spacial score (nSPS) is 19.5. The highest BCUT2D eigenvalue weighted by atomic mass is 16.5. The maximum atomic E-state index is 14.0. The van der Waals surface area contributed by atoms with Crippen LogP contribution in [0.1, 0.15) is 54.6 Å². The first-order valence-electron chi connectivity index (χ1n) is 18.1. The molecule has 1 aliphatic rings. The summed E-state index contributed by atoms with van der Waals surface area (Å²) in [4.78, 5) is 76.3. The Bertz CT molecular complexity index is 1940. The van der Waals surface area contributed by atoms with Gasteiger partial charge in [0.05, 0.1) is 18.1 Å². The summed E-state index contributed by atoms with van der Waals surface area (Å²) >= 11 is 0. The van der Waals surface area contributed by atoms with Crippen molar-refractivity contribution in [3.63, 3.8) is 0 Å². The molecular weight excluding hydrogens is 690 g/mol. The minimum Gasteiger partial charge on any atom is -0.493 e. The molecule has 0 spiro atoms. The summed E-state index contributed by atoms with van der Waals surface area (Å²) in [5.74, 6) is -1.79. The van der Waals surface area contributed by atoms with Gasteiger partial charge in [0.25, 0.3) is 11.8 Å². The van der Waals surface area contributed by atoms with Gasteiger partial charge < -0.3 is 36.1 Å². The van der Waals surface area contributed by atoms with Crippen molar-refractivity contribution in [3.8, 4) is 11.5 Å². The van der Waals surface area contributed by atoms with Crippen molar-refractivity contribution in [2.24, 2.45) is 5.92 Å². The molecule has 0 unspecified atom stereocenters. The van der Waals surface area contributed by atoms with E-state index in [0.29, 0.717) is 48.3 Å². The van der Waals surface area contributed by atoms with Crippen molar-refractivity contribution in [2.75, 3.05) is 26.8 Å². The third-order valence-electron chi connectivity index (χ3n) is 9.04. The second-order valence-electron chi connectivity index (χ2n) is 13.4. The maximum Gasteiger partial charge on any atom is 0.257 e. The van der Waals surface area contributed by atoms with Crippen molar-refractivity contribution in [1.82, 2.24) is 36.6 Å². The third-order valence-corrected chi connectivity index (χ3v) is 9.04. The Balaban J connectivity index is 1.41. The lowest BCUT2D eigenvalue weighted by Gasteiger charge is -2.27. The number of aryl methyl sites for hydroxylation is 1. The number of ether oxygens (including phenoxy) is 2. The molecule has 0 aliphatic carbocycles. The van der Waals surface area contributed by atoms with Gasteiger partial charge in [-0.05, 0) is 73.1 Å². The molecule has 14 nitrogen and oxygen atoms in total. The lowest BCUT2D eigenvalue weighted by molar-refractivity contribution is -0.133. The van der Waals surface area contributed by atoms with Crippen molar-refractivity contribution in [3.05, 3.63) is 95.8 Å². The number of methoxy groups -OCH3 is 1. The molecule has 54 heavy (non-hydrogen) atoms. The van der Waals surface area contributed by atoms with Crippen molar-refractivity contribution >= 4 is 40.6 Å². The minimum atomic E-state index is -1.09. The summed E-state index contributed by atoms with van der Waals surface area (Å²) in [6, 6.07) is 16.5. The van der Waals surface area contributed by atoms with Crippen LogP contribution in [0.25, 0.3) is 11.0 Å². The van der Waals surface area contributed by atoms with Crippen molar-refractivity contribution < 1.29 is 33.4 Å². The number of fused-ring (bicyclic) bond motifs is 3. The molecule has 5 N–H and O–H groups in total. The molecule has 14 heteroatoms. The molecule has 2 heterocycles. The van der Waals surface area contributed by atoms with Gasteiger partial charge in [-0.3, -0.25) is 33.9 Å². The predicted octanol–water partition coefficient (Wildman–Crippen LogP) is 2.64. The van der Waals surface area contributed by atoms with Gasteiger partial charge >= 0.3 is 0 Å². The number of aromatic nitrogens is 2. The van der Waals surface area contributed by atoms with Crippen LogP contribution in [0.3, 0.4) is 0 Å². The third kappa shape index (κ3) is 11.0. The van der Waals surface area contributed by atoms with Crippen LogP contribution in [0.2, 0.25) is 0 Å². The van der Waals surface area contributed by atoms with E-state index < -0.39 is 35.8 Å². The number of hydrogen-bond donors (Lipinski definition) is 5. The van der Waals surface area contributed by atoms with E-state index in [9.17, 15) is 24.0 Å². The predicted molar refractivity (Wildman–Crippen MR) is 202 cm³/mol. The number of nitrogens with one attached hydrogen (secondary N) is 5. The molecule has 2 bridgehead atoms. The highest BCUT2D eigenvalue weighted by Gasteiger charge is 2.31. The molecule has 1 aromatic heterocycles. The molecule has 0 fully saturated rings. The Morgan fingerprint density at radius 3 is 2.39 bits per heavy atom. The van der Waals surface area contributed by atoms with E-state index >= 15 is 0 Å². The first-order valence-corrected chi connectivity index (χ1v) is 18.1. The second-order valence-corrected chi connectivity index (χ2v) is 13.4. The summed E-state index contributed by atoms with van der Waals surface area (Å²) in [5, 5.41) is 14.3. The second kappa shape index (κ2) is 19.1. The fraction of sp³-hybridized carbons (Fsp3) is 0.375. The molecule has 0 saturated carbocycles. The van der Waals surface area contributed by atoms with Crippen LogP contribution < -0.4 is 36.1 Å². The summed E-state index contributed by atoms with van der Waals surface area (Å²) in [6.45, 7) is 3.93. The molecule has 5 rings (SSSR count). The SMILES string of the molecule is COc1ccc2cc1OCC(=O)NCCC[C@H](NC(=O)c1ccc3nccnc3c1)C(=O)N[C@@H](Cc1ccccc1)C(=O)N[C@H](C(C)C)C(=O)NCCC2. The lowest BCUT2D eigenvalue weighted by atomic mass is 10.00. The quantitative estimate of drug-likeness (QED) is 0.198. The maximum absolute atomic E-state index is 14.0. The van der Waals surface area contributed by atoms with Crippen molar-refractivity contribution in [1.29, 1.82) is 0 Å². The smallest absolute Gasteiger partial charge is 0.257 e. The molecule has 4 aromatic rings. The molecule has 0 radical (unpaired) electrons. The number of carbonyl (C=O) groups excluding carboxylic acids is 5. The average Bonchev–Trinajstić information content (AvgIpc) is 3.18. The van der Waals surface area contributed by atoms with E-state index in [-0.39, 0.29) is 49.3 Å². The Morgan fingerprint density at radius 2 is 1.63 bits per heavy atom. The van der Waals surface area contributed by atoms with Crippen LogP contribution >= 0.6 is 0 Å². The fourth-order valence-electron chi connectivity index (χ4n) is 6.07. The van der Waals surface area contributed by atoms with Gasteiger partial charge in [0.2, 0.25) is 17.7 Å². The largest absolute Gasteiger partial charge is 0.493 e. The Hall–Kier alpha value is -6.05. The highest BCUT2D eigenvalue weighted by molar-refractivity contribution is 6.00. The van der Waals surface area contributed by atoms with E-state index in [2.05, 4.69) is 36.6 Å². The zero-order chi connectivity index (χ0) is 38.5. The number of benzene rings is 3. The molecule has 5 amide bonds. The number of hydrogen-bond acceptors (Lipinski definition) is 9. The summed E-state index contributed by atoms with van der Waals surface area (Å²) in [6.07, 6.45) is 4.85. The fourth-order valence-corrected chi connectivity index (χ4v) is 6.07. The van der Waals surface area contributed by atoms with E-state index in [1.54, 1.807) is 36.5 Å². The van der Waals surface area contributed by atoms with Gasteiger partial charge in [-0.25, -0.2) is 0 Å². The lowest BCUT2D eigenvalue weighted by Crippen LogP contribution is -2.58. The average molecular weight is 738 g/mol. The van der Waals surface area contributed by atoms with Crippen LogP contribution in [0, 0.1) is 5.92 Å². The molecule has 284 valence electrons. The van der Waals surface area contributed by atoms with Gasteiger partial charge in [-0.15, -0.1) is 0 Å². The van der Waals surface area contributed by atoms with Gasteiger partial charge in [0.1, 0.15) is 18.1 Å². The van der Waals surface area contributed by atoms with Crippen LogP contribution in [-0.4, -0.2) is 84.4 Å². The number of carbonyl (C=O) groups is 5. The first kappa shape index (κ1) is 39.2. The number of amides is 5. The van der Waals surface area contributed by atoms with Crippen LogP contribution in [0.4, 0.5) is 0 Å². The van der Waals surface area contributed by atoms with Gasteiger partial charge in [0.15, 0.2) is 18.1 Å². The molecule has 0 saturated heterocycles. The Morgan fingerprint density at radius 1 is 0.870 bits per heavy atom. The molecule has 3 aromatic carbocycles. The number of nitrogens with zero attached hydrogens (tertiary/aromatic N) is 2. The zero-order valence-electron chi connectivity index (χ0n) is 30.7. The van der Waals surface area contributed by atoms with Crippen LogP contribution in [-0.2, 0) is 32.0 Å². The zero-order valence-corrected chi connectivity index (χ0v) is 30.7. The summed E-state index contributed by atoms with van der Waals surface area (Å²) in [7, 11) is 1.51.